The SMILES string of the molecule is C=CCc1ccccc1CC(=O)N1[C@H](C)CC[C@H]1C.C=CCc1ccccc1CC(=O)O.C[C@@H]1CC[C@@H](C)N1. The van der Waals surface area contributed by atoms with Gasteiger partial charge in [0.05, 0.1) is 12.8 Å². The highest BCUT2D eigenvalue weighted by molar-refractivity contribution is 5.80. The van der Waals surface area contributed by atoms with E-state index in [0.717, 1.165) is 54.5 Å². The molecule has 5 heteroatoms. The van der Waals surface area contributed by atoms with E-state index in [4.69, 9.17) is 5.11 Å². The molecule has 0 spiro atoms. The lowest BCUT2D eigenvalue weighted by molar-refractivity contribution is -0.136. The van der Waals surface area contributed by atoms with Gasteiger partial charge < -0.3 is 15.3 Å². The van der Waals surface area contributed by atoms with Crippen molar-refractivity contribution >= 4 is 11.9 Å². The highest BCUT2D eigenvalue weighted by Crippen LogP contribution is 2.25. The third-order valence-electron chi connectivity index (χ3n) is 7.49. The van der Waals surface area contributed by atoms with Crippen molar-refractivity contribution in [1.29, 1.82) is 0 Å². The van der Waals surface area contributed by atoms with Gasteiger partial charge in [-0.1, -0.05) is 60.7 Å². The van der Waals surface area contributed by atoms with Gasteiger partial charge in [-0.15, -0.1) is 13.2 Å². The van der Waals surface area contributed by atoms with Gasteiger partial charge in [0, 0.05) is 24.2 Å². The van der Waals surface area contributed by atoms with E-state index in [1.807, 2.05) is 42.5 Å². The lowest BCUT2D eigenvalue weighted by atomic mass is 10.0. The molecule has 1 amide bonds. The second kappa shape index (κ2) is 16.7. The van der Waals surface area contributed by atoms with Crippen LogP contribution in [0.1, 0.15) is 75.6 Å². The number of likely N-dealkylation sites (tertiary alicyclic amines) is 1. The van der Waals surface area contributed by atoms with Crippen LogP contribution in [0.25, 0.3) is 0 Å². The molecule has 0 saturated carbocycles. The van der Waals surface area contributed by atoms with Gasteiger partial charge in [-0.05, 0) is 88.5 Å². The number of carboxylic acid groups (broad SMARTS) is 1. The van der Waals surface area contributed by atoms with Crippen LogP contribution < -0.4 is 5.32 Å². The zero-order valence-corrected chi connectivity index (χ0v) is 24.4. The summed E-state index contributed by atoms with van der Waals surface area (Å²) in [6.07, 6.45) is 10.8. The summed E-state index contributed by atoms with van der Waals surface area (Å²) in [5.41, 5.74) is 4.26. The molecule has 2 fully saturated rings. The van der Waals surface area contributed by atoms with Crippen LogP contribution in [0.3, 0.4) is 0 Å². The average Bonchev–Trinajstić information content (AvgIpc) is 3.44. The van der Waals surface area contributed by atoms with Crippen LogP contribution in [0.15, 0.2) is 73.8 Å². The van der Waals surface area contributed by atoms with E-state index in [1.54, 1.807) is 6.08 Å². The number of hydrogen-bond acceptors (Lipinski definition) is 3. The van der Waals surface area contributed by atoms with Crippen molar-refractivity contribution in [2.75, 3.05) is 0 Å². The first kappa shape index (κ1) is 32.0. The lowest BCUT2D eigenvalue weighted by Gasteiger charge is -2.26. The number of carbonyl (C=O) groups is 2. The van der Waals surface area contributed by atoms with Crippen molar-refractivity contribution in [3.05, 3.63) is 96.1 Å². The van der Waals surface area contributed by atoms with Crippen molar-refractivity contribution < 1.29 is 14.7 Å². The molecule has 0 aromatic heterocycles. The number of nitrogens with one attached hydrogen (secondary N) is 1. The Labute approximate surface area is 236 Å². The van der Waals surface area contributed by atoms with Crippen molar-refractivity contribution in [3.8, 4) is 0 Å². The summed E-state index contributed by atoms with van der Waals surface area (Å²) in [6, 6.07) is 18.0. The Morgan fingerprint density at radius 1 is 0.769 bits per heavy atom. The molecule has 4 rings (SSSR count). The number of nitrogens with zero attached hydrogens (tertiary/aromatic N) is 1. The van der Waals surface area contributed by atoms with Crippen LogP contribution in [0.2, 0.25) is 0 Å². The molecule has 2 aliphatic heterocycles. The van der Waals surface area contributed by atoms with E-state index in [1.165, 1.54) is 18.4 Å². The van der Waals surface area contributed by atoms with Gasteiger partial charge in [-0.25, -0.2) is 0 Å². The monoisotopic (exact) mass is 532 g/mol. The average molecular weight is 533 g/mol. The fourth-order valence-corrected chi connectivity index (χ4v) is 5.43. The summed E-state index contributed by atoms with van der Waals surface area (Å²) < 4.78 is 0. The molecule has 0 aliphatic carbocycles. The van der Waals surface area contributed by atoms with Crippen molar-refractivity contribution in [1.82, 2.24) is 10.2 Å². The summed E-state index contributed by atoms with van der Waals surface area (Å²) in [7, 11) is 0. The van der Waals surface area contributed by atoms with Crippen LogP contribution in [0.5, 0.6) is 0 Å². The fraction of sp³-hybridized carbons (Fsp3) is 0.471. The molecule has 0 bridgehead atoms. The first-order chi connectivity index (χ1) is 18.7. The van der Waals surface area contributed by atoms with Gasteiger partial charge in [0.25, 0.3) is 0 Å². The fourth-order valence-electron chi connectivity index (χ4n) is 5.43. The van der Waals surface area contributed by atoms with Crippen LogP contribution in [0.4, 0.5) is 0 Å². The second-order valence-corrected chi connectivity index (χ2v) is 10.9. The number of allylic oxidation sites excluding steroid dienone is 2. The number of aliphatic carboxylic acids is 1. The van der Waals surface area contributed by atoms with Crippen LogP contribution >= 0.6 is 0 Å². The Bertz CT molecular complexity index is 1060. The zero-order chi connectivity index (χ0) is 28.8. The smallest absolute Gasteiger partial charge is 0.307 e. The topological polar surface area (TPSA) is 69.6 Å². The number of amides is 1. The highest BCUT2D eigenvalue weighted by Gasteiger charge is 2.31. The van der Waals surface area contributed by atoms with Crippen LogP contribution in [-0.2, 0) is 35.3 Å². The molecule has 2 saturated heterocycles. The molecular formula is C34H48N2O3. The molecule has 0 radical (unpaired) electrons. The summed E-state index contributed by atoms with van der Waals surface area (Å²) in [4.78, 5) is 25.1. The Hall–Kier alpha value is -3.18. The van der Waals surface area contributed by atoms with Crippen molar-refractivity contribution in [3.63, 3.8) is 0 Å². The Morgan fingerprint density at radius 3 is 1.54 bits per heavy atom. The van der Waals surface area contributed by atoms with Gasteiger partial charge in [0.1, 0.15) is 0 Å². The first-order valence-corrected chi connectivity index (χ1v) is 14.3. The standard InChI is InChI=1S/C17H23NO.C11H12O2.C6H13N/c1-4-7-15-8-5-6-9-16(15)12-17(19)18-13(2)10-11-14(18)3;1-2-5-9-6-3-4-7-10(9)8-11(12)13;1-5-3-4-6(2)7-5/h4-6,8-9,13-14H,1,7,10-12H2,2-3H3;2-4,6-7H,1,5,8H2,(H,12,13);5-7H,3-4H2,1-2H3/t13-,14-;;5-,6-/m1.1/s1. The van der Waals surface area contributed by atoms with E-state index in [9.17, 15) is 9.59 Å². The summed E-state index contributed by atoms with van der Waals surface area (Å²) in [5, 5.41) is 12.1. The Kier molecular flexibility index (Phi) is 13.7. The minimum absolute atomic E-state index is 0.0873. The molecule has 2 aliphatic rings. The van der Waals surface area contributed by atoms with E-state index < -0.39 is 5.97 Å². The molecule has 2 aromatic carbocycles. The summed E-state index contributed by atoms with van der Waals surface area (Å²) >= 11 is 0. The predicted octanol–water partition coefficient (Wildman–Crippen LogP) is 6.55. The molecule has 2 heterocycles. The maximum atomic E-state index is 12.5. The molecule has 0 unspecified atom stereocenters. The second-order valence-electron chi connectivity index (χ2n) is 10.9. The van der Waals surface area contributed by atoms with Gasteiger partial charge >= 0.3 is 5.97 Å². The van der Waals surface area contributed by atoms with Crippen molar-refractivity contribution in [2.45, 2.75) is 103 Å². The molecule has 2 aromatic rings. The van der Waals surface area contributed by atoms with Crippen LogP contribution in [0, 0.1) is 0 Å². The van der Waals surface area contributed by atoms with E-state index in [-0.39, 0.29) is 12.3 Å². The lowest BCUT2D eigenvalue weighted by Crippen LogP contribution is -2.39. The number of rotatable bonds is 8. The molecular weight excluding hydrogens is 484 g/mol. The highest BCUT2D eigenvalue weighted by atomic mass is 16.4. The van der Waals surface area contributed by atoms with E-state index in [2.05, 4.69) is 63.2 Å². The number of carboxylic acids is 1. The van der Waals surface area contributed by atoms with E-state index >= 15 is 0 Å². The molecule has 5 nitrogen and oxygen atoms in total. The summed E-state index contributed by atoms with van der Waals surface area (Å²) in [6.45, 7) is 16.2. The summed E-state index contributed by atoms with van der Waals surface area (Å²) in [5.74, 6) is -0.537. The Morgan fingerprint density at radius 2 is 1.18 bits per heavy atom. The largest absolute Gasteiger partial charge is 0.481 e. The molecule has 212 valence electrons. The number of carbonyl (C=O) groups excluding carboxylic acids is 1. The van der Waals surface area contributed by atoms with Gasteiger partial charge in [-0.2, -0.15) is 0 Å². The Balaban J connectivity index is 0.000000229. The van der Waals surface area contributed by atoms with Gasteiger partial charge in [0.15, 0.2) is 0 Å². The quantitative estimate of drug-likeness (QED) is 0.379. The normalized spacial score (nSPS) is 21.7. The third-order valence-corrected chi connectivity index (χ3v) is 7.49. The number of hydrogen-bond donors (Lipinski definition) is 2. The zero-order valence-electron chi connectivity index (χ0n) is 24.4. The molecule has 39 heavy (non-hydrogen) atoms. The molecule has 4 atom stereocenters. The van der Waals surface area contributed by atoms with Crippen LogP contribution in [-0.4, -0.2) is 46.1 Å². The maximum Gasteiger partial charge on any atom is 0.307 e. The predicted molar refractivity (Wildman–Crippen MR) is 162 cm³/mol. The third kappa shape index (κ3) is 10.8. The minimum Gasteiger partial charge on any atom is -0.481 e. The van der Waals surface area contributed by atoms with Crippen molar-refractivity contribution in [2.24, 2.45) is 0 Å². The van der Waals surface area contributed by atoms with Gasteiger partial charge in [-0.3, -0.25) is 9.59 Å². The minimum atomic E-state index is -0.795. The van der Waals surface area contributed by atoms with E-state index in [0.29, 0.717) is 18.5 Å². The molecule has 2 N–H and O–H groups in total. The maximum absolute atomic E-state index is 12.5. The first-order valence-electron chi connectivity index (χ1n) is 14.3. The number of benzene rings is 2. The van der Waals surface area contributed by atoms with Gasteiger partial charge in [0.2, 0.25) is 5.91 Å².